The molecule has 0 unspecified atom stereocenters. The van der Waals surface area contributed by atoms with Gasteiger partial charge in [0.25, 0.3) is 0 Å². The van der Waals surface area contributed by atoms with E-state index in [-0.39, 0.29) is 11.8 Å². The van der Waals surface area contributed by atoms with Gasteiger partial charge in [0.2, 0.25) is 15.9 Å². The number of nitrogens with zero attached hydrogens (tertiary/aromatic N) is 4. The molecule has 1 aromatic rings. The van der Waals surface area contributed by atoms with Crippen LogP contribution < -0.4 is 0 Å². The maximum Gasteiger partial charge on any atom is 0.229 e. The Morgan fingerprint density at radius 2 is 2.09 bits per heavy atom. The third-order valence-corrected chi connectivity index (χ3v) is 6.37. The van der Waals surface area contributed by atoms with Gasteiger partial charge in [0, 0.05) is 20.0 Å². The van der Waals surface area contributed by atoms with Gasteiger partial charge in [0.05, 0.1) is 11.8 Å². The minimum absolute atomic E-state index is 0.179. The third kappa shape index (κ3) is 3.49. The van der Waals surface area contributed by atoms with Gasteiger partial charge in [-0.2, -0.15) is 4.98 Å². The lowest BCUT2D eigenvalue weighted by Crippen LogP contribution is -2.30. The van der Waals surface area contributed by atoms with Gasteiger partial charge >= 0.3 is 0 Å². The van der Waals surface area contributed by atoms with Gasteiger partial charge in [-0.05, 0) is 45.2 Å². The van der Waals surface area contributed by atoms with Gasteiger partial charge in [-0.3, -0.25) is 4.90 Å². The second-order valence-corrected chi connectivity index (χ2v) is 8.71. The zero-order valence-electron chi connectivity index (χ0n) is 13.2. The largest absolute Gasteiger partial charge is 0.339 e. The van der Waals surface area contributed by atoms with Crippen LogP contribution in [-0.2, 0) is 10.0 Å². The van der Waals surface area contributed by atoms with Crippen LogP contribution >= 0.6 is 0 Å². The highest BCUT2D eigenvalue weighted by Crippen LogP contribution is 2.40. The Morgan fingerprint density at radius 1 is 1.32 bits per heavy atom. The van der Waals surface area contributed by atoms with Crippen LogP contribution in [0.4, 0.5) is 0 Å². The van der Waals surface area contributed by atoms with Crippen LogP contribution in [0.5, 0.6) is 0 Å². The number of likely N-dealkylation sites (tertiary alicyclic amines) is 1. The summed E-state index contributed by atoms with van der Waals surface area (Å²) >= 11 is 0. The normalized spacial score (nSPS) is 23.5. The highest BCUT2D eigenvalue weighted by Gasteiger charge is 2.34. The monoisotopic (exact) mass is 328 g/mol. The zero-order chi connectivity index (χ0) is 15.7. The summed E-state index contributed by atoms with van der Waals surface area (Å²) in [5.41, 5.74) is 0. The molecule has 1 atom stereocenters. The lowest BCUT2D eigenvalue weighted by Gasteiger charge is -2.22. The van der Waals surface area contributed by atoms with E-state index >= 15 is 0 Å². The van der Waals surface area contributed by atoms with Crippen LogP contribution in [0.25, 0.3) is 0 Å². The van der Waals surface area contributed by atoms with E-state index in [1.54, 1.807) is 14.1 Å². The molecule has 2 fully saturated rings. The molecular formula is C14H24N4O3S. The Balaban J connectivity index is 1.56. The molecule has 1 saturated heterocycles. The molecule has 2 heterocycles. The van der Waals surface area contributed by atoms with E-state index in [1.165, 1.54) is 4.31 Å². The molecule has 0 spiro atoms. The molecular weight excluding hydrogens is 304 g/mol. The molecule has 1 aliphatic carbocycles. The minimum atomic E-state index is -3.11. The summed E-state index contributed by atoms with van der Waals surface area (Å²) in [5.74, 6) is 2.20. The number of rotatable bonds is 7. The maximum atomic E-state index is 11.8. The smallest absolute Gasteiger partial charge is 0.229 e. The molecule has 22 heavy (non-hydrogen) atoms. The number of aromatic nitrogens is 2. The van der Waals surface area contributed by atoms with E-state index in [9.17, 15) is 8.42 Å². The highest BCUT2D eigenvalue weighted by atomic mass is 32.2. The lowest BCUT2D eigenvalue weighted by atomic mass is 10.2. The van der Waals surface area contributed by atoms with Crippen LogP contribution in [0.15, 0.2) is 4.52 Å². The highest BCUT2D eigenvalue weighted by molar-refractivity contribution is 7.89. The van der Waals surface area contributed by atoms with Gasteiger partial charge in [0.1, 0.15) is 0 Å². The zero-order valence-corrected chi connectivity index (χ0v) is 14.0. The summed E-state index contributed by atoms with van der Waals surface area (Å²) in [4.78, 5) is 6.83. The molecule has 0 aromatic carbocycles. The Hall–Kier alpha value is -0.990. The SMILES string of the molecule is CN(C)S(=O)(=O)CCCN1CCC[C@@H]1c1noc(C2CC2)n1. The molecule has 8 heteroatoms. The molecule has 2 aliphatic rings. The lowest BCUT2D eigenvalue weighted by molar-refractivity contribution is 0.242. The minimum Gasteiger partial charge on any atom is -0.339 e. The van der Waals surface area contributed by atoms with Crippen molar-refractivity contribution in [3.05, 3.63) is 11.7 Å². The van der Waals surface area contributed by atoms with Crippen molar-refractivity contribution in [1.82, 2.24) is 19.3 Å². The first-order chi connectivity index (χ1) is 10.5. The van der Waals surface area contributed by atoms with Crippen LogP contribution in [0.3, 0.4) is 0 Å². The first-order valence-corrected chi connectivity index (χ1v) is 9.56. The van der Waals surface area contributed by atoms with Crippen LogP contribution in [0.2, 0.25) is 0 Å². The second kappa shape index (κ2) is 6.25. The van der Waals surface area contributed by atoms with Gasteiger partial charge in [0.15, 0.2) is 5.82 Å². The van der Waals surface area contributed by atoms with E-state index in [4.69, 9.17) is 4.52 Å². The number of sulfonamides is 1. The van der Waals surface area contributed by atoms with E-state index in [1.807, 2.05) is 0 Å². The summed E-state index contributed by atoms with van der Waals surface area (Å²) < 4.78 is 30.3. The van der Waals surface area contributed by atoms with E-state index in [0.717, 1.165) is 50.5 Å². The summed E-state index contributed by atoms with van der Waals surface area (Å²) in [5, 5.41) is 4.14. The number of hydrogen-bond donors (Lipinski definition) is 0. The van der Waals surface area contributed by atoms with Crippen molar-refractivity contribution in [2.24, 2.45) is 0 Å². The summed E-state index contributed by atoms with van der Waals surface area (Å²) in [7, 11) is 0.0382. The predicted molar refractivity (Wildman–Crippen MR) is 81.9 cm³/mol. The van der Waals surface area contributed by atoms with Crippen LogP contribution in [0.1, 0.15) is 55.8 Å². The standard InChI is InChI=1S/C14H24N4O3S/c1-17(2)22(19,20)10-4-9-18-8-3-5-12(18)13-15-14(21-16-13)11-6-7-11/h11-12H,3-10H2,1-2H3/t12-/m1/s1. The van der Waals surface area contributed by atoms with E-state index in [0.29, 0.717) is 12.3 Å². The van der Waals surface area contributed by atoms with Gasteiger partial charge in [-0.1, -0.05) is 5.16 Å². The van der Waals surface area contributed by atoms with Gasteiger partial charge in [-0.15, -0.1) is 0 Å². The van der Waals surface area contributed by atoms with Crippen molar-refractivity contribution in [2.75, 3.05) is 32.9 Å². The molecule has 7 nitrogen and oxygen atoms in total. The molecule has 0 amide bonds. The van der Waals surface area contributed by atoms with Crippen molar-refractivity contribution >= 4 is 10.0 Å². The molecule has 1 aromatic heterocycles. The maximum absolute atomic E-state index is 11.8. The van der Waals surface area contributed by atoms with E-state index < -0.39 is 10.0 Å². The quantitative estimate of drug-likeness (QED) is 0.752. The summed E-state index contributed by atoms with van der Waals surface area (Å²) in [6.45, 7) is 1.73. The second-order valence-electron chi connectivity index (χ2n) is 6.41. The summed E-state index contributed by atoms with van der Waals surface area (Å²) in [6, 6.07) is 0.179. The van der Waals surface area contributed by atoms with Crippen molar-refractivity contribution in [2.45, 2.75) is 44.1 Å². The molecule has 1 saturated carbocycles. The van der Waals surface area contributed by atoms with Crippen molar-refractivity contribution < 1.29 is 12.9 Å². The van der Waals surface area contributed by atoms with Gasteiger partial charge < -0.3 is 4.52 Å². The average molecular weight is 328 g/mol. The van der Waals surface area contributed by atoms with Crippen LogP contribution in [-0.4, -0.2) is 60.7 Å². The predicted octanol–water partition coefficient (Wildman–Crippen LogP) is 1.37. The molecule has 124 valence electrons. The Bertz CT molecular complexity index is 609. The fourth-order valence-corrected chi connectivity index (χ4v) is 3.76. The molecule has 0 radical (unpaired) electrons. The first kappa shape index (κ1) is 15.9. The van der Waals surface area contributed by atoms with Crippen molar-refractivity contribution in [1.29, 1.82) is 0 Å². The van der Waals surface area contributed by atoms with E-state index in [2.05, 4.69) is 15.0 Å². The fourth-order valence-electron chi connectivity index (χ4n) is 2.90. The molecule has 1 aliphatic heterocycles. The molecule has 3 rings (SSSR count). The summed E-state index contributed by atoms with van der Waals surface area (Å²) in [6.07, 6.45) is 5.05. The number of hydrogen-bond acceptors (Lipinski definition) is 6. The Morgan fingerprint density at radius 3 is 2.77 bits per heavy atom. The Kier molecular flexibility index (Phi) is 4.52. The molecule has 0 bridgehead atoms. The average Bonchev–Trinajstić information content (AvgIpc) is 3.01. The third-order valence-electron chi connectivity index (χ3n) is 4.45. The van der Waals surface area contributed by atoms with Crippen molar-refractivity contribution in [3.8, 4) is 0 Å². The fraction of sp³-hybridized carbons (Fsp3) is 0.857. The topological polar surface area (TPSA) is 79.5 Å². The van der Waals surface area contributed by atoms with Gasteiger partial charge in [-0.25, -0.2) is 12.7 Å². The molecule has 0 N–H and O–H groups in total. The first-order valence-electron chi connectivity index (χ1n) is 7.95. The van der Waals surface area contributed by atoms with Crippen LogP contribution in [0, 0.1) is 0 Å². The van der Waals surface area contributed by atoms with Crippen molar-refractivity contribution in [3.63, 3.8) is 0 Å². The Labute approximate surface area is 131 Å².